The molecule has 0 saturated heterocycles. The fourth-order valence-electron chi connectivity index (χ4n) is 1.58. The molecule has 0 aliphatic heterocycles. The van der Waals surface area contributed by atoms with Gasteiger partial charge in [0.05, 0.1) is 11.3 Å². The highest BCUT2D eigenvalue weighted by Crippen LogP contribution is 2.23. The molecule has 0 radical (unpaired) electrons. The van der Waals surface area contributed by atoms with Crippen LogP contribution in [0.2, 0.25) is 0 Å². The minimum Gasteiger partial charge on any atom is -0.349 e. The van der Waals surface area contributed by atoms with Crippen molar-refractivity contribution in [3.63, 3.8) is 0 Å². The molecule has 0 bridgehead atoms. The maximum absolute atomic E-state index is 12.0. The lowest BCUT2D eigenvalue weighted by molar-refractivity contribution is 0.0946. The summed E-state index contributed by atoms with van der Waals surface area (Å²) in [6.45, 7) is 3.70. The second-order valence-corrected chi connectivity index (χ2v) is 4.78. The number of nitrogens with one attached hydrogen (secondary N) is 1. The highest BCUT2D eigenvalue weighted by molar-refractivity contribution is 7.98. The van der Waals surface area contributed by atoms with Gasteiger partial charge in [0.25, 0.3) is 5.91 Å². The van der Waals surface area contributed by atoms with Crippen LogP contribution >= 0.6 is 11.8 Å². The Morgan fingerprint density at radius 2 is 2.06 bits per heavy atom. The number of aryl methyl sites for hydroxylation is 2. The number of carbonyl (C=O) groups excluding carboxylic acids is 1. The van der Waals surface area contributed by atoms with E-state index in [1.165, 1.54) is 11.8 Å². The van der Waals surface area contributed by atoms with E-state index >= 15 is 0 Å². The van der Waals surface area contributed by atoms with Crippen LogP contribution in [0.3, 0.4) is 0 Å². The Hall–Kier alpha value is -1.10. The van der Waals surface area contributed by atoms with Crippen LogP contribution in [0.4, 0.5) is 0 Å². The monoisotopic (exact) mass is 237 g/mol. The summed E-state index contributed by atoms with van der Waals surface area (Å²) in [4.78, 5) is 20.5. The molecule has 5 heteroatoms. The van der Waals surface area contributed by atoms with Gasteiger partial charge in [-0.1, -0.05) is 0 Å². The largest absolute Gasteiger partial charge is 0.349 e. The van der Waals surface area contributed by atoms with Crippen molar-refractivity contribution in [1.29, 1.82) is 0 Å². The summed E-state index contributed by atoms with van der Waals surface area (Å²) in [5.74, 6) is 0.675. The fraction of sp³-hybridized carbons (Fsp3) is 0.545. The Labute approximate surface area is 99.3 Å². The molecular formula is C11H15N3OS. The van der Waals surface area contributed by atoms with Crippen LogP contribution in [0.25, 0.3) is 0 Å². The average Bonchev–Trinajstić information content (AvgIpc) is 2.99. The van der Waals surface area contributed by atoms with Gasteiger partial charge in [0.15, 0.2) is 0 Å². The highest BCUT2D eigenvalue weighted by atomic mass is 32.2. The van der Waals surface area contributed by atoms with Crippen LogP contribution in [0.1, 0.15) is 34.7 Å². The Kier molecular flexibility index (Phi) is 3.14. The Morgan fingerprint density at radius 1 is 1.38 bits per heavy atom. The summed E-state index contributed by atoms with van der Waals surface area (Å²) < 4.78 is 0. The Morgan fingerprint density at radius 3 is 2.62 bits per heavy atom. The summed E-state index contributed by atoms with van der Waals surface area (Å²) in [5.41, 5.74) is 1.39. The van der Waals surface area contributed by atoms with Gasteiger partial charge in [-0.25, -0.2) is 9.97 Å². The van der Waals surface area contributed by atoms with E-state index in [0.29, 0.717) is 17.4 Å². The molecule has 0 atom stereocenters. The van der Waals surface area contributed by atoms with E-state index in [9.17, 15) is 4.79 Å². The molecule has 1 amide bonds. The van der Waals surface area contributed by atoms with Crippen LogP contribution in [-0.2, 0) is 0 Å². The second-order valence-electron chi connectivity index (χ2n) is 3.99. The van der Waals surface area contributed by atoms with Gasteiger partial charge in [-0.3, -0.25) is 4.79 Å². The van der Waals surface area contributed by atoms with E-state index in [1.807, 2.05) is 20.1 Å². The first-order chi connectivity index (χ1) is 7.61. The van der Waals surface area contributed by atoms with Crippen molar-refractivity contribution in [3.05, 3.63) is 17.1 Å². The highest BCUT2D eigenvalue weighted by Gasteiger charge is 2.26. The SMILES string of the molecule is CSc1nc(C)nc(C)c1C(=O)NC1CC1. The first-order valence-corrected chi connectivity index (χ1v) is 6.54. The zero-order valence-corrected chi connectivity index (χ0v) is 10.5. The molecule has 1 aliphatic carbocycles. The van der Waals surface area contributed by atoms with E-state index in [2.05, 4.69) is 15.3 Å². The minimum atomic E-state index is -0.0376. The number of hydrogen-bond donors (Lipinski definition) is 1. The molecule has 4 nitrogen and oxygen atoms in total. The molecule has 86 valence electrons. The number of hydrogen-bond acceptors (Lipinski definition) is 4. The molecule has 2 rings (SSSR count). The van der Waals surface area contributed by atoms with Crippen LogP contribution in [0.5, 0.6) is 0 Å². The number of rotatable bonds is 3. The molecule has 0 spiro atoms. The summed E-state index contributed by atoms with van der Waals surface area (Å²) in [5, 5.41) is 3.74. The molecule has 1 heterocycles. The summed E-state index contributed by atoms with van der Waals surface area (Å²) in [7, 11) is 0. The molecule has 0 aromatic carbocycles. The number of amides is 1. The zero-order chi connectivity index (χ0) is 11.7. The van der Waals surface area contributed by atoms with Crippen molar-refractivity contribution in [3.8, 4) is 0 Å². The average molecular weight is 237 g/mol. The predicted octanol–water partition coefficient (Wildman–Crippen LogP) is 1.71. The minimum absolute atomic E-state index is 0.0376. The van der Waals surface area contributed by atoms with Crippen LogP contribution in [-0.4, -0.2) is 28.2 Å². The predicted molar refractivity (Wildman–Crippen MR) is 63.8 cm³/mol. The lowest BCUT2D eigenvalue weighted by Crippen LogP contribution is -2.27. The van der Waals surface area contributed by atoms with Gasteiger partial charge in [0, 0.05) is 6.04 Å². The van der Waals surface area contributed by atoms with Crippen molar-refractivity contribution >= 4 is 17.7 Å². The van der Waals surface area contributed by atoms with Gasteiger partial charge in [0.1, 0.15) is 10.9 Å². The summed E-state index contributed by atoms with van der Waals surface area (Å²) in [6, 6.07) is 0.364. The van der Waals surface area contributed by atoms with Crippen LogP contribution in [0.15, 0.2) is 5.03 Å². The van der Waals surface area contributed by atoms with E-state index < -0.39 is 0 Å². The second kappa shape index (κ2) is 4.41. The molecule has 1 aromatic heterocycles. The van der Waals surface area contributed by atoms with Crippen molar-refractivity contribution in [1.82, 2.24) is 15.3 Å². The molecule has 16 heavy (non-hydrogen) atoms. The standard InChI is InChI=1S/C11H15N3OS/c1-6-9(10(15)14-8-4-5-8)11(16-3)13-7(2)12-6/h8H,4-5H2,1-3H3,(H,14,15). The maximum Gasteiger partial charge on any atom is 0.256 e. The molecule has 1 saturated carbocycles. The topological polar surface area (TPSA) is 54.9 Å². The molecule has 1 aromatic rings. The normalized spacial score (nSPS) is 14.9. The van der Waals surface area contributed by atoms with E-state index in [-0.39, 0.29) is 5.91 Å². The maximum atomic E-state index is 12.0. The van der Waals surface area contributed by atoms with Gasteiger partial charge in [-0.15, -0.1) is 11.8 Å². The Bertz CT molecular complexity index is 429. The smallest absolute Gasteiger partial charge is 0.256 e. The van der Waals surface area contributed by atoms with E-state index in [1.54, 1.807) is 0 Å². The van der Waals surface area contributed by atoms with Gasteiger partial charge >= 0.3 is 0 Å². The summed E-state index contributed by atoms with van der Waals surface area (Å²) >= 11 is 1.49. The lowest BCUT2D eigenvalue weighted by Gasteiger charge is -2.10. The van der Waals surface area contributed by atoms with Gasteiger partial charge in [-0.05, 0) is 32.9 Å². The quantitative estimate of drug-likeness (QED) is 0.642. The number of nitrogens with zero attached hydrogens (tertiary/aromatic N) is 2. The third kappa shape index (κ3) is 2.35. The molecule has 1 aliphatic rings. The van der Waals surface area contributed by atoms with Gasteiger partial charge in [0.2, 0.25) is 0 Å². The molecular weight excluding hydrogens is 222 g/mol. The third-order valence-corrected chi connectivity index (χ3v) is 3.18. The zero-order valence-electron chi connectivity index (χ0n) is 9.70. The lowest BCUT2D eigenvalue weighted by atomic mass is 10.2. The Balaban J connectivity index is 2.32. The molecule has 1 N–H and O–H groups in total. The van der Waals surface area contributed by atoms with Crippen LogP contribution < -0.4 is 5.32 Å². The van der Waals surface area contributed by atoms with Crippen LogP contribution in [0, 0.1) is 13.8 Å². The van der Waals surface area contributed by atoms with E-state index in [4.69, 9.17) is 0 Å². The number of aromatic nitrogens is 2. The number of thioether (sulfide) groups is 1. The fourth-order valence-corrected chi connectivity index (χ4v) is 2.24. The van der Waals surface area contributed by atoms with E-state index in [0.717, 1.165) is 23.6 Å². The van der Waals surface area contributed by atoms with Crippen molar-refractivity contribution < 1.29 is 4.79 Å². The van der Waals surface area contributed by atoms with Crippen molar-refractivity contribution in [2.75, 3.05) is 6.26 Å². The third-order valence-electron chi connectivity index (χ3n) is 2.50. The van der Waals surface area contributed by atoms with Crippen molar-refractivity contribution in [2.45, 2.75) is 37.8 Å². The first kappa shape index (κ1) is 11.4. The first-order valence-electron chi connectivity index (χ1n) is 5.32. The molecule has 0 unspecified atom stereocenters. The van der Waals surface area contributed by atoms with Gasteiger partial charge in [-0.2, -0.15) is 0 Å². The van der Waals surface area contributed by atoms with Gasteiger partial charge < -0.3 is 5.32 Å². The number of carbonyl (C=O) groups is 1. The van der Waals surface area contributed by atoms with Crippen molar-refractivity contribution in [2.24, 2.45) is 0 Å². The molecule has 1 fully saturated rings. The summed E-state index contributed by atoms with van der Waals surface area (Å²) in [6.07, 6.45) is 4.10.